The summed E-state index contributed by atoms with van der Waals surface area (Å²) in [6.45, 7) is 2.69. The van der Waals surface area contributed by atoms with E-state index >= 15 is 0 Å². The minimum absolute atomic E-state index is 0.118. The first-order valence-electron chi connectivity index (χ1n) is 10.0. The Balaban J connectivity index is 1.44. The Bertz CT molecular complexity index is 1040. The van der Waals surface area contributed by atoms with Crippen molar-refractivity contribution in [2.75, 3.05) is 6.54 Å². The summed E-state index contributed by atoms with van der Waals surface area (Å²) >= 11 is 0. The maximum absolute atomic E-state index is 13.4. The van der Waals surface area contributed by atoms with Gasteiger partial charge >= 0.3 is 0 Å². The van der Waals surface area contributed by atoms with Crippen LogP contribution in [-0.2, 0) is 5.41 Å². The molecule has 2 aromatic carbocycles. The lowest BCUT2D eigenvalue weighted by Gasteiger charge is -2.11. The Morgan fingerprint density at radius 3 is 2.79 bits per heavy atom. The summed E-state index contributed by atoms with van der Waals surface area (Å²) in [7, 11) is 0. The van der Waals surface area contributed by atoms with E-state index in [2.05, 4.69) is 35.4 Å². The van der Waals surface area contributed by atoms with Crippen molar-refractivity contribution < 1.29 is 9.18 Å². The molecule has 1 fully saturated rings. The zero-order valence-corrected chi connectivity index (χ0v) is 16.6. The number of fused-ring (bicyclic) bond motifs is 1. The number of hydrogen-bond acceptors (Lipinski definition) is 2. The molecule has 1 N–H and O–H groups in total. The smallest absolute Gasteiger partial charge is 0.251 e. The normalized spacial score (nSPS) is 25.4. The van der Waals surface area contributed by atoms with Gasteiger partial charge in [0.1, 0.15) is 0 Å². The molecule has 0 bridgehead atoms. The number of carbonyl (C=O) groups excluding carboxylic acids is 1. The highest BCUT2D eigenvalue weighted by molar-refractivity contribution is 5.98. The van der Waals surface area contributed by atoms with Crippen LogP contribution in [0.3, 0.4) is 0 Å². The molecule has 1 heterocycles. The second kappa shape index (κ2) is 8.16. The molecule has 2 aromatic rings. The highest BCUT2D eigenvalue weighted by Gasteiger charge is 2.38. The van der Waals surface area contributed by atoms with E-state index in [1.165, 1.54) is 30.7 Å². The minimum atomic E-state index is -1.34. The van der Waals surface area contributed by atoms with Gasteiger partial charge in [-0.25, -0.2) is 4.39 Å². The van der Waals surface area contributed by atoms with E-state index in [1.54, 1.807) is 18.2 Å². The van der Waals surface area contributed by atoms with Crippen LogP contribution in [0, 0.1) is 0 Å². The minimum Gasteiger partial charge on any atom is -0.348 e. The molecule has 4 rings (SSSR count). The van der Waals surface area contributed by atoms with Crippen LogP contribution in [0.2, 0.25) is 0 Å². The van der Waals surface area contributed by atoms with Crippen molar-refractivity contribution in [3.8, 4) is 0 Å². The molecule has 0 spiro atoms. The number of nitrogens with one attached hydrogen (secondary N) is 1. The van der Waals surface area contributed by atoms with Gasteiger partial charge in [-0.2, -0.15) is 0 Å². The largest absolute Gasteiger partial charge is 0.348 e. The van der Waals surface area contributed by atoms with Crippen LogP contribution in [0.15, 0.2) is 77.3 Å². The van der Waals surface area contributed by atoms with Crippen LogP contribution in [0.4, 0.5) is 4.39 Å². The fourth-order valence-electron chi connectivity index (χ4n) is 3.47. The van der Waals surface area contributed by atoms with E-state index in [0.29, 0.717) is 23.9 Å². The molecule has 0 saturated heterocycles. The number of nitrogens with zero attached hydrogens (tertiary/aromatic N) is 1. The number of alkyl halides is 1. The predicted octanol–water partition coefficient (Wildman–Crippen LogP) is 5.43. The molecule has 1 amide bonds. The molecule has 0 aromatic heterocycles. The molecule has 4 heteroatoms. The molecular formula is C25H25FN2O. The summed E-state index contributed by atoms with van der Waals surface area (Å²) in [4.78, 5) is 16.4. The topological polar surface area (TPSA) is 41.5 Å². The lowest BCUT2D eigenvalue weighted by atomic mass is 9.95. The number of aliphatic imine (C=N–C) groups is 1. The maximum Gasteiger partial charge on any atom is 0.251 e. The standard InChI is InChI=1S/C25H25FN2O/c1-25(12-13-25)22-10-9-19-15-21(8-7-20(19)16-22)24(29)28-17-18-5-3-2-4-6-23(26)27-14-11-18/h2-4,6-11,14-16,23H,5,12-13,17H2,1H3,(H,28,29)/b3-2-,6-4-,18-11+,27-14-. The molecule has 0 radical (unpaired) electrons. The number of halogens is 1. The van der Waals surface area contributed by atoms with E-state index in [1.807, 2.05) is 24.3 Å². The molecule has 2 aliphatic rings. The van der Waals surface area contributed by atoms with Crippen molar-refractivity contribution in [3.05, 3.63) is 83.5 Å². The Morgan fingerprint density at radius 2 is 1.97 bits per heavy atom. The third-order valence-corrected chi connectivity index (χ3v) is 5.71. The zero-order valence-electron chi connectivity index (χ0n) is 16.6. The monoisotopic (exact) mass is 388 g/mol. The van der Waals surface area contributed by atoms with Gasteiger partial charge in [-0.1, -0.05) is 49.4 Å². The highest BCUT2D eigenvalue weighted by Crippen LogP contribution is 2.48. The summed E-state index contributed by atoms with van der Waals surface area (Å²) in [5, 5.41) is 5.19. The number of allylic oxidation sites excluding steroid dienone is 4. The first-order valence-corrected chi connectivity index (χ1v) is 10.0. The number of rotatable bonds is 4. The molecule has 1 aliphatic carbocycles. The maximum atomic E-state index is 13.4. The molecule has 1 atom stereocenters. The van der Waals surface area contributed by atoms with Crippen LogP contribution >= 0.6 is 0 Å². The SMILES string of the molecule is CC1(c2ccc3cc(C(=O)NC/C4=C/C=N\C(F)/C=C\C=C/C4)ccc3c2)CC1. The summed E-state index contributed by atoms with van der Waals surface area (Å²) in [6, 6.07) is 12.4. The van der Waals surface area contributed by atoms with Crippen molar-refractivity contribution >= 4 is 22.9 Å². The van der Waals surface area contributed by atoms with Crippen molar-refractivity contribution in [3.63, 3.8) is 0 Å². The van der Waals surface area contributed by atoms with E-state index in [0.717, 1.165) is 16.3 Å². The van der Waals surface area contributed by atoms with E-state index < -0.39 is 6.30 Å². The molecule has 29 heavy (non-hydrogen) atoms. The molecule has 148 valence electrons. The van der Waals surface area contributed by atoms with Crippen molar-refractivity contribution in [1.29, 1.82) is 0 Å². The van der Waals surface area contributed by atoms with Gasteiger partial charge in [-0.15, -0.1) is 0 Å². The predicted molar refractivity (Wildman–Crippen MR) is 117 cm³/mol. The van der Waals surface area contributed by atoms with Crippen LogP contribution in [0.1, 0.15) is 42.1 Å². The van der Waals surface area contributed by atoms with Gasteiger partial charge in [-0.3, -0.25) is 9.79 Å². The Kier molecular flexibility index (Phi) is 5.43. The number of benzene rings is 2. The first kappa shape index (κ1) is 19.3. The second-order valence-corrected chi connectivity index (χ2v) is 8.03. The summed E-state index contributed by atoms with van der Waals surface area (Å²) in [5.41, 5.74) is 3.32. The Morgan fingerprint density at radius 1 is 1.17 bits per heavy atom. The van der Waals surface area contributed by atoms with Gasteiger partial charge in [0, 0.05) is 18.3 Å². The third-order valence-electron chi connectivity index (χ3n) is 5.71. The van der Waals surface area contributed by atoms with E-state index in [-0.39, 0.29) is 5.91 Å². The van der Waals surface area contributed by atoms with E-state index in [4.69, 9.17) is 0 Å². The van der Waals surface area contributed by atoms with Crippen LogP contribution in [0.25, 0.3) is 10.8 Å². The number of amides is 1. The Hall–Kier alpha value is -3.01. The molecule has 3 nitrogen and oxygen atoms in total. The summed E-state index contributed by atoms with van der Waals surface area (Å²) < 4.78 is 13.4. The lowest BCUT2D eigenvalue weighted by molar-refractivity contribution is 0.0957. The quantitative estimate of drug-likeness (QED) is 0.697. The van der Waals surface area contributed by atoms with Crippen LogP contribution in [-0.4, -0.2) is 25.0 Å². The number of hydrogen-bond donors (Lipinski definition) is 1. The first-order chi connectivity index (χ1) is 14.0. The van der Waals surface area contributed by atoms with E-state index in [9.17, 15) is 9.18 Å². The molecular weight excluding hydrogens is 363 g/mol. The van der Waals surface area contributed by atoms with Gasteiger partial charge in [0.05, 0.1) is 0 Å². The van der Waals surface area contributed by atoms with Crippen LogP contribution < -0.4 is 5.32 Å². The zero-order chi connectivity index (χ0) is 20.3. The van der Waals surface area contributed by atoms with Crippen molar-refractivity contribution in [1.82, 2.24) is 5.32 Å². The second-order valence-electron chi connectivity index (χ2n) is 8.03. The molecule has 1 aliphatic heterocycles. The van der Waals surface area contributed by atoms with Gasteiger partial charge in [-0.05, 0) is 70.9 Å². The fourth-order valence-corrected chi connectivity index (χ4v) is 3.47. The molecule has 1 saturated carbocycles. The summed E-state index contributed by atoms with van der Waals surface area (Å²) in [5.74, 6) is -0.118. The van der Waals surface area contributed by atoms with Gasteiger partial charge < -0.3 is 5.32 Å². The van der Waals surface area contributed by atoms with Crippen molar-refractivity contribution in [2.45, 2.75) is 37.9 Å². The van der Waals surface area contributed by atoms with Gasteiger partial charge in [0.15, 0.2) is 0 Å². The summed E-state index contributed by atoms with van der Waals surface area (Å²) in [6.07, 6.45) is 11.8. The average molecular weight is 388 g/mol. The molecule has 1 unspecified atom stereocenters. The third kappa shape index (κ3) is 4.70. The van der Waals surface area contributed by atoms with Crippen LogP contribution in [0.5, 0.6) is 0 Å². The number of carbonyl (C=O) groups is 1. The highest BCUT2D eigenvalue weighted by atomic mass is 19.1. The Labute approximate surface area is 170 Å². The van der Waals surface area contributed by atoms with Gasteiger partial charge in [0.25, 0.3) is 5.91 Å². The lowest BCUT2D eigenvalue weighted by Crippen LogP contribution is -2.25. The van der Waals surface area contributed by atoms with Crippen molar-refractivity contribution in [2.24, 2.45) is 4.99 Å². The fraction of sp³-hybridized carbons (Fsp3) is 0.280. The van der Waals surface area contributed by atoms with Gasteiger partial charge in [0.2, 0.25) is 6.30 Å². The average Bonchev–Trinajstić information content (AvgIpc) is 3.49.